The van der Waals surface area contributed by atoms with Crippen LogP contribution in [0.1, 0.15) is 43.5 Å². The second kappa shape index (κ2) is 5.87. The summed E-state index contributed by atoms with van der Waals surface area (Å²) in [6.45, 7) is 4.42. The SMILES string of the molecule is CCCCCOc1nn(C)c2cc(C(C)=O)ccc12. The number of hydrogen-bond acceptors (Lipinski definition) is 3. The van der Waals surface area contributed by atoms with Gasteiger partial charge in [-0.25, -0.2) is 0 Å². The van der Waals surface area contributed by atoms with E-state index < -0.39 is 0 Å². The van der Waals surface area contributed by atoms with Crippen LogP contribution in [-0.2, 0) is 7.05 Å². The Bertz CT molecular complexity index is 587. The van der Waals surface area contributed by atoms with Crippen LogP contribution in [0.4, 0.5) is 0 Å². The number of ketones is 1. The molecule has 19 heavy (non-hydrogen) atoms. The predicted octanol–water partition coefficient (Wildman–Crippen LogP) is 3.34. The first-order chi connectivity index (χ1) is 9.13. The van der Waals surface area contributed by atoms with Gasteiger partial charge < -0.3 is 4.74 Å². The van der Waals surface area contributed by atoms with Crippen LogP contribution in [0.3, 0.4) is 0 Å². The monoisotopic (exact) mass is 260 g/mol. The number of aromatic nitrogens is 2. The lowest BCUT2D eigenvalue weighted by Crippen LogP contribution is -1.98. The Morgan fingerprint density at radius 1 is 1.37 bits per heavy atom. The fourth-order valence-corrected chi connectivity index (χ4v) is 2.07. The molecule has 0 amide bonds. The zero-order valence-corrected chi connectivity index (χ0v) is 11.8. The molecule has 0 unspecified atom stereocenters. The highest BCUT2D eigenvalue weighted by atomic mass is 16.5. The van der Waals surface area contributed by atoms with Crippen LogP contribution in [-0.4, -0.2) is 22.2 Å². The number of hydrogen-bond donors (Lipinski definition) is 0. The highest BCUT2D eigenvalue weighted by Gasteiger charge is 2.11. The number of carbonyl (C=O) groups is 1. The number of carbonyl (C=O) groups excluding carboxylic acids is 1. The fourth-order valence-electron chi connectivity index (χ4n) is 2.07. The van der Waals surface area contributed by atoms with E-state index in [1.807, 2.05) is 25.2 Å². The molecule has 0 atom stereocenters. The van der Waals surface area contributed by atoms with E-state index in [2.05, 4.69) is 12.0 Å². The minimum absolute atomic E-state index is 0.0634. The van der Waals surface area contributed by atoms with E-state index in [4.69, 9.17) is 4.74 Å². The van der Waals surface area contributed by atoms with Gasteiger partial charge in [0.25, 0.3) is 0 Å². The van der Waals surface area contributed by atoms with Crippen molar-refractivity contribution >= 4 is 16.7 Å². The van der Waals surface area contributed by atoms with Gasteiger partial charge >= 0.3 is 0 Å². The molecule has 1 heterocycles. The Labute approximate surface area is 113 Å². The number of benzene rings is 1. The Hall–Kier alpha value is -1.84. The largest absolute Gasteiger partial charge is 0.476 e. The van der Waals surface area contributed by atoms with Crippen molar-refractivity contribution in [3.05, 3.63) is 23.8 Å². The van der Waals surface area contributed by atoms with Crippen molar-refractivity contribution in [2.45, 2.75) is 33.1 Å². The summed E-state index contributed by atoms with van der Waals surface area (Å²) >= 11 is 0. The van der Waals surface area contributed by atoms with Crippen molar-refractivity contribution in [3.63, 3.8) is 0 Å². The molecule has 0 aliphatic rings. The first-order valence-corrected chi connectivity index (χ1v) is 6.74. The summed E-state index contributed by atoms with van der Waals surface area (Å²) in [7, 11) is 1.87. The van der Waals surface area contributed by atoms with Gasteiger partial charge in [0.15, 0.2) is 5.78 Å². The summed E-state index contributed by atoms with van der Waals surface area (Å²) < 4.78 is 7.49. The van der Waals surface area contributed by atoms with E-state index >= 15 is 0 Å². The molecule has 0 saturated heterocycles. The van der Waals surface area contributed by atoms with Crippen LogP contribution in [0.25, 0.3) is 10.9 Å². The first kappa shape index (κ1) is 13.6. The van der Waals surface area contributed by atoms with Gasteiger partial charge in [-0.05, 0) is 25.5 Å². The number of ether oxygens (including phenoxy) is 1. The number of aryl methyl sites for hydroxylation is 1. The van der Waals surface area contributed by atoms with E-state index in [9.17, 15) is 4.79 Å². The quantitative estimate of drug-likeness (QED) is 0.591. The summed E-state index contributed by atoms with van der Waals surface area (Å²) in [6, 6.07) is 5.60. The van der Waals surface area contributed by atoms with Gasteiger partial charge in [-0.3, -0.25) is 9.48 Å². The number of Topliss-reactive ketones (excluding diaryl/α,β-unsaturated/α-hetero) is 1. The molecular weight excluding hydrogens is 240 g/mol. The fraction of sp³-hybridized carbons (Fsp3) is 0.467. The van der Waals surface area contributed by atoms with E-state index in [1.165, 1.54) is 12.8 Å². The molecule has 4 heteroatoms. The molecule has 0 bridgehead atoms. The zero-order chi connectivity index (χ0) is 13.8. The van der Waals surface area contributed by atoms with Crippen LogP contribution in [0.2, 0.25) is 0 Å². The standard InChI is InChI=1S/C15H20N2O2/c1-4-5-6-9-19-15-13-8-7-12(11(2)18)10-14(13)17(3)16-15/h7-8,10H,4-6,9H2,1-3H3. The second-order valence-electron chi connectivity index (χ2n) is 4.77. The Morgan fingerprint density at radius 2 is 2.16 bits per heavy atom. The highest BCUT2D eigenvalue weighted by molar-refractivity contribution is 5.98. The third kappa shape index (κ3) is 2.95. The molecular formula is C15H20N2O2. The lowest BCUT2D eigenvalue weighted by Gasteiger charge is -2.02. The molecule has 0 radical (unpaired) electrons. The summed E-state index contributed by atoms with van der Waals surface area (Å²) in [5.74, 6) is 0.720. The smallest absolute Gasteiger partial charge is 0.240 e. The van der Waals surface area contributed by atoms with Crippen molar-refractivity contribution in [3.8, 4) is 5.88 Å². The van der Waals surface area contributed by atoms with Crippen LogP contribution < -0.4 is 4.74 Å². The average molecular weight is 260 g/mol. The lowest BCUT2D eigenvalue weighted by molar-refractivity contribution is 0.101. The lowest BCUT2D eigenvalue weighted by atomic mass is 10.1. The molecule has 0 saturated carbocycles. The molecule has 1 aromatic heterocycles. The summed E-state index contributed by atoms with van der Waals surface area (Å²) in [6.07, 6.45) is 3.38. The van der Waals surface area contributed by atoms with Crippen LogP contribution >= 0.6 is 0 Å². The van der Waals surface area contributed by atoms with E-state index in [0.29, 0.717) is 18.1 Å². The molecule has 102 valence electrons. The summed E-state index contributed by atoms with van der Waals surface area (Å²) in [5, 5.41) is 5.33. The molecule has 2 rings (SSSR count). The van der Waals surface area contributed by atoms with Gasteiger partial charge in [0.2, 0.25) is 5.88 Å². The van der Waals surface area contributed by atoms with Gasteiger partial charge in [0, 0.05) is 12.6 Å². The van der Waals surface area contributed by atoms with Crippen LogP contribution in [0.5, 0.6) is 5.88 Å². The van der Waals surface area contributed by atoms with Crippen molar-refractivity contribution in [2.24, 2.45) is 7.05 Å². The normalized spacial score (nSPS) is 10.9. The minimum atomic E-state index is 0.0634. The van der Waals surface area contributed by atoms with Crippen molar-refractivity contribution in [1.82, 2.24) is 9.78 Å². The Morgan fingerprint density at radius 3 is 2.84 bits per heavy atom. The van der Waals surface area contributed by atoms with Gasteiger partial charge in [-0.1, -0.05) is 25.8 Å². The van der Waals surface area contributed by atoms with E-state index in [0.717, 1.165) is 17.3 Å². The summed E-state index contributed by atoms with van der Waals surface area (Å²) in [5.41, 5.74) is 1.63. The van der Waals surface area contributed by atoms with E-state index in [1.54, 1.807) is 11.6 Å². The summed E-state index contributed by atoms with van der Waals surface area (Å²) in [4.78, 5) is 11.4. The maximum Gasteiger partial charge on any atom is 0.240 e. The Kier molecular flexibility index (Phi) is 4.20. The highest BCUT2D eigenvalue weighted by Crippen LogP contribution is 2.25. The maximum atomic E-state index is 11.4. The molecule has 2 aromatic rings. The molecule has 4 nitrogen and oxygen atoms in total. The molecule has 0 N–H and O–H groups in total. The number of unbranched alkanes of at least 4 members (excludes halogenated alkanes) is 2. The molecule has 0 spiro atoms. The minimum Gasteiger partial charge on any atom is -0.476 e. The third-order valence-electron chi connectivity index (χ3n) is 3.21. The molecule has 0 fully saturated rings. The number of rotatable bonds is 6. The number of fused-ring (bicyclic) bond motifs is 1. The topological polar surface area (TPSA) is 44.1 Å². The second-order valence-corrected chi connectivity index (χ2v) is 4.77. The van der Waals surface area contributed by atoms with Crippen molar-refractivity contribution < 1.29 is 9.53 Å². The van der Waals surface area contributed by atoms with Crippen LogP contribution in [0.15, 0.2) is 18.2 Å². The van der Waals surface area contributed by atoms with Gasteiger partial charge in [-0.15, -0.1) is 5.10 Å². The molecule has 0 aliphatic carbocycles. The molecule has 0 aliphatic heterocycles. The predicted molar refractivity (Wildman–Crippen MR) is 75.7 cm³/mol. The molecule has 1 aromatic carbocycles. The van der Waals surface area contributed by atoms with Crippen molar-refractivity contribution in [2.75, 3.05) is 6.61 Å². The average Bonchev–Trinajstić information content (AvgIpc) is 2.71. The first-order valence-electron chi connectivity index (χ1n) is 6.74. The third-order valence-corrected chi connectivity index (χ3v) is 3.21. The number of nitrogens with zero attached hydrogens (tertiary/aromatic N) is 2. The van der Waals surface area contributed by atoms with Gasteiger partial charge in [0.1, 0.15) is 0 Å². The van der Waals surface area contributed by atoms with Crippen LogP contribution in [0, 0.1) is 0 Å². The van der Waals surface area contributed by atoms with Gasteiger partial charge in [-0.2, -0.15) is 0 Å². The maximum absolute atomic E-state index is 11.4. The van der Waals surface area contributed by atoms with Gasteiger partial charge in [0.05, 0.1) is 17.5 Å². The Balaban J connectivity index is 2.24. The van der Waals surface area contributed by atoms with E-state index in [-0.39, 0.29) is 5.78 Å². The zero-order valence-electron chi connectivity index (χ0n) is 11.8. The van der Waals surface area contributed by atoms with Crippen molar-refractivity contribution in [1.29, 1.82) is 0 Å².